The number of sulfonamides is 1. The lowest BCUT2D eigenvalue weighted by atomic mass is 10.3. The van der Waals surface area contributed by atoms with Gasteiger partial charge in [-0.15, -0.1) is 0 Å². The zero-order valence-electron chi connectivity index (χ0n) is 10.6. The van der Waals surface area contributed by atoms with Crippen LogP contribution in [0.25, 0.3) is 0 Å². The van der Waals surface area contributed by atoms with Crippen LogP contribution < -0.4 is 15.2 Å². The lowest BCUT2D eigenvalue weighted by Gasteiger charge is -2.12. The van der Waals surface area contributed by atoms with Crippen molar-refractivity contribution in [3.8, 4) is 5.75 Å². The fourth-order valence-corrected chi connectivity index (χ4v) is 2.87. The monoisotopic (exact) mass is 296 g/mol. The molecular weight excluding hydrogens is 283 g/mol. The molecule has 5 nitrogen and oxygen atoms in total. The molecule has 20 heavy (non-hydrogen) atoms. The van der Waals surface area contributed by atoms with Crippen LogP contribution in [0.5, 0.6) is 5.75 Å². The Morgan fingerprint density at radius 3 is 2.55 bits per heavy atom. The average molecular weight is 296 g/mol. The molecule has 0 fully saturated rings. The third-order valence-electron chi connectivity index (χ3n) is 2.60. The highest BCUT2D eigenvalue weighted by molar-refractivity contribution is 7.92. The fourth-order valence-electron chi connectivity index (χ4n) is 1.65. The van der Waals surface area contributed by atoms with Gasteiger partial charge in [0, 0.05) is 11.8 Å². The van der Waals surface area contributed by atoms with Crippen molar-refractivity contribution in [2.45, 2.75) is 4.90 Å². The number of nitrogens with two attached hydrogens (primary N) is 1. The molecule has 0 aliphatic rings. The van der Waals surface area contributed by atoms with E-state index in [0.717, 1.165) is 6.07 Å². The highest BCUT2D eigenvalue weighted by Crippen LogP contribution is 2.28. The smallest absolute Gasteiger partial charge is 0.265 e. The Morgan fingerprint density at radius 1 is 1.20 bits per heavy atom. The number of nitrogen functional groups attached to an aromatic ring is 1. The summed E-state index contributed by atoms with van der Waals surface area (Å²) >= 11 is 0. The topological polar surface area (TPSA) is 81.4 Å². The number of nitrogens with one attached hydrogen (secondary N) is 1. The number of benzene rings is 2. The summed E-state index contributed by atoms with van der Waals surface area (Å²) in [5, 5.41) is 0. The molecule has 7 heteroatoms. The second-order valence-corrected chi connectivity index (χ2v) is 5.65. The number of ether oxygens (including phenoxy) is 1. The number of para-hydroxylation sites is 1. The van der Waals surface area contributed by atoms with Crippen LogP contribution in [0.4, 0.5) is 15.8 Å². The minimum Gasteiger partial charge on any atom is -0.495 e. The number of methoxy groups -OCH3 is 1. The predicted molar refractivity (Wildman–Crippen MR) is 74.6 cm³/mol. The average Bonchev–Trinajstić information content (AvgIpc) is 2.40. The zero-order valence-corrected chi connectivity index (χ0v) is 11.4. The Morgan fingerprint density at radius 2 is 1.90 bits per heavy atom. The van der Waals surface area contributed by atoms with Crippen LogP contribution in [-0.4, -0.2) is 15.5 Å². The number of rotatable bonds is 4. The summed E-state index contributed by atoms with van der Waals surface area (Å²) in [5.41, 5.74) is 5.80. The van der Waals surface area contributed by atoms with Crippen LogP contribution in [0, 0.1) is 5.82 Å². The van der Waals surface area contributed by atoms with Crippen molar-refractivity contribution in [3.63, 3.8) is 0 Å². The summed E-state index contributed by atoms with van der Waals surface area (Å²) in [4.78, 5) is -0.113. The van der Waals surface area contributed by atoms with E-state index in [1.807, 2.05) is 0 Å². The first kappa shape index (κ1) is 14.1. The zero-order chi connectivity index (χ0) is 14.8. The van der Waals surface area contributed by atoms with Gasteiger partial charge in [0.2, 0.25) is 0 Å². The van der Waals surface area contributed by atoms with E-state index in [2.05, 4.69) is 4.72 Å². The predicted octanol–water partition coefficient (Wildman–Crippen LogP) is 2.22. The van der Waals surface area contributed by atoms with Gasteiger partial charge in [-0.1, -0.05) is 12.1 Å². The highest BCUT2D eigenvalue weighted by Gasteiger charge is 2.20. The third kappa shape index (κ3) is 2.83. The van der Waals surface area contributed by atoms with E-state index in [9.17, 15) is 12.8 Å². The number of hydrogen-bond acceptors (Lipinski definition) is 4. The van der Waals surface area contributed by atoms with Gasteiger partial charge in [-0.25, -0.2) is 12.8 Å². The Hall–Kier alpha value is -2.28. The quantitative estimate of drug-likeness (QED) is 0.848. The minimum atomic E-state index is -3.97. The molecule has 0 aliphatic heterocycles. The molecule has 0 amide bonds. The molecule has 0 aliphatic carbocycles. The molecule has 0 saturated carbocycles. The summed E-state index contributed by atoms with van der Waals surface area (Å²) < 4.78 is 45.2. The van der Waals surface area contributed by atoms with Gasteiger partial charge >= 0.3 is 0 Å². The lowest BCUT2D eigenvalue weighted by Crippen LogP contribution is -2.15. The molecular formula is C13H13FN2O3S. The molecule has 2 aromatic carbocycles. The third-order valence-corrected chi connectivity index (χ3v) is 4.00. The highest BCUT2D eigenvalue weighted by atomic mass is 32.2. The van der Waals surface area contributed by atoms with E-state index >= 15 is 0 Å². The Balaban J connectivity index is 2.44. The van der Waals surface area contributed by atoms with E-state index < -0.39 is 15.8 Å². The van der Waals surface area contributed by atoms with Crippen LogP contribution in [0.2, 0.25) is 0 Å². The Bertz CT molecular complexity index is 732. The standard InChI is InChI=1S/C13H13FN2O3S/c1-19-12-8-9(15)6-7-13(12)20(17,18)16-11-5-3-2-4-10(11)14/h2-8,16H,15H2,1H3. The summed E-state index contributed by atoms with van der Waals surface area (Å²) in [6, 6.07) is 9.61. The largest absolute Gasteiger partial charge is 0.495 e. The van der Waals surface area contributed by atoms with E-state index in [0.29, 0.717) is 5.69 Å². The minimum absolute atomic E-state index is 0.0915. The second kappa shape index (κ2) is 5.38. The SMILES string of the molecule is COc1cc(N)ccc1S(=O)(=O)Nc1ccccc1F. The van der Waals surface area contributed by atoms with E-state index in [1.165, 1.54) is 43.5 Å². The molecule has 0 atom stereocenters. The van der Waals surface area contributed by atoms with Gasteiger partial charge in [0.15, 0.2) is 0 Å². The van der Waals surface area contributed by atoms with Gasteiger partial charge in [0.1, 0.15) is 16.5 Å². The molecule has 3 N–H and O–H groups in total. The van der Waals surface area contributed by atoms with Gasteiger partial charge < -0.3 is 10.5 Å². The van der Waals surface area contributed by atoms with Crippen molar-refractivity contribution in [2.75, 3.05) is 17.6 Å². The summed E-state index contributed by atoms with van der Waals surface area (Å²) in [5.74, 6) is -0.570. The number of halogens is 1. The van der Waals surface area contributed by atoms with Crippen molar-refractivity contribution in [3.05, 3.63) is 48.3 Å². The number of anilines is 2. The van der Waals surface area contributed by atoms with Gasteiger partial charge in [-0.3, -0.25) is 4.72 Å². The van der Waals surface area contributed by atoms with Crippen molar-refractivity contribution in [1.82, 2.24) is 0 Å². The number of hydrogen-bond donors (Lipinski definition) is 2. The van der Waals surface area contributed by atoms with Crippen molar-refractivity contribution >= 4 is 21.4 Å². The molecule has 2 aromatic rings. The van der Waals surface area contributed by atoms with Crippen LogP contribution >= 0.6 is 0 Å². The van der Waals surface area contributed by atoms with Crippen LogP contribution in [0.3, 0.4) is 0 Å². The van der Waals surface area contributed by atoms with Crippen molar-refractivity contribution < 1.29 is 17.5 Å². The molecule has 0 aromatic heterocycles. The molecule has 0 heterocycles. The Labute approximate surface area is 116 Å². The maximum atomic E-state index is 13.5. The summed E-state index contributed by atoms with van der Waals surface area (Å²) in [6.07, 6.45) is 0. The van der Waals surface area contributed by atoms with E-state index in [1.54, 1.807) is 0 Å². The van der Waals surface area contributed by atoms with Crippen LogP contribution in [0.1, 0.15) is 0 Å². The molecule has 0 bridgehead atoms. The van der Waals surface area contributed by atoms with Crippen LogP contribution in [0.15, 0.2) is 47.4 Å². The van der Waals surface area contributed by atoms with E-state index in [4.69, 9.17) is 10.5 Å². The van der Waals surface area contributed by atoms with Gasteiger partial charge in [-0.2, -0.15) is 0 Å². The Kier molecular flexibility index (Phi) is 3.80. The van der Waals surface area contributed by atoms with Gasteiger partial charge in [0.05, 0.1) is 12.8 Å². The summed E-state index contributed by atoms with van der Waals surface area (Å²) in [7, 11) is -2.64. The normalized spacial score (nSPS) is 11.1. The lowest BCUT2D eigenvalue weighted by molar-refractivity contribution is 0.403. The summed E-state index contributed by atoms with van der Waals surface area (Å²) in [6.45, 7) is 0. The molecule has 106 valence electrons. The molecule has 0 unspecified atom stereocenters. The van der Waals surface area contributed by atoms with E-state index in [-0.39, 0.29) is 16.3 Å². The molecule has 0 saturated heterocycles. The molecule has 0 spiro atoms. The first-order valence-corrected chi connectivity index (χ1v) is 7.13. The first-order valence-electron chi connectivity index (χ1n) is 5.65. The maximum Gasteiger partial charge on any atom is 0.265 e. The van der Waals surface area contributed by atoms with Crippen LogP contribution in [-0.2, 0) is 10.0 Å². The molecule has 0 radical (unpaired) electrons. The second-order valence-electron chi connectivity index (χ2n) is 4.00. The van der Waals surface area contributed by atoms with Gasteiger partial charge in [0.25, 0.3) is 10.0 Å². The van der Waals surface area contributed by atoms with Crippen molar-refractivity contribution in [2.24, 2.45) is 0 Å². The molecule has 2 rings (SSSR count). The maximum absolute atomic E-state index is 13.5. The fraction of sp³-hybridized carbons (Fsp3) is 0.0769. The van der Waals surface area contributed by atoms with Gasteiger partial charge in [-0.05, 0) is 24.3 Å². The first-order chi connectivity index (χ1) is 9.44. The van der Waals surface area contributed by atoms with Crippen molar-refractivity contribution in [1.29, 1.82) is 0 Å².